The molecule has 0 saturated carbocycles. The maximum absolute atomic E-state index is 10.7. The van der Waals surface area contributed by atoms with Crippen LogP contribution < -0.4 is 5.32 Å². The summed E-state index contributed by atoms with van der Waals surface area (Å²) in [6.07, 6.45) is 6.19. The number of hydrogen-bond acceptors (Lipinski definition) is 4. The average molecular weight is 279 g/mol. The molecule has 0 aliphatic rings. The van der Waals surface area contributed by atoms with Crippen LogP contribution >= 0.6 is 0 Å². The van der Waals surface area contributed by atoms with Gasteiger partial charge in [0.15, 0.2) is 0 Å². The lowest BCUT2D eigenvalue weighted by Crippen LogP contribution is -2.05. The molecule has 0 bridgehead atoms. The molecule has 0 aliphatic carbocycles. The van der Waals surface area contributed by atoms with Crippen LogP contribution in [0, 0.1) is 23.0 Å². The van der Waals surface area contributed by atoms with Gasteiger partial charge >= 0.3 is 0 Å². The summed E-state index contributed by atoms with van der Waals surface area (Å²) in [6.45, 7) is 7.04. The monoisotopic (exact) mass is 279 g/mol. The van der Waals surface area contributed by atoms with Crippen LogP contribution in [0.1, 0.15) is 51.6 Å². The lowest BCUT2D eigenvalue weighted by atomic mass is 10.0. The van der Waals surface area contributed by atoms with Crippen molar-refractivity contribution < 1.29 is 4.92 Å². The van der Waals surface area contributed by atoms with Crippen LogP contribution in [0.25, 0.3) is 0 Å². The molecule has 0 spiro atoms. The van der Waals surface area contributed by atoms with Gasteiger partial charge in [0.2, 0.25) is 0 Å². The predicted octanol–water partition coefficient (Wildman–Crippen LogP) is 4.32. The molecule has 1 rings (SSSR count). The highest BCUT2D eigenvalue weighted by Crippen LogP contribution is 2.17. The molecule has 1 aromatic heterocycles. The van der Waals surface area contributed by atoms with Gasteiger partial charge in [-0.15, -0.1) is 0 Å². The number of anilines is 1. The number of rotatable bonds is 9. The summed E-state index contributed by atoms with van der Waals surface area (Å²) < 4.78 is 0. The minimum Gasteiger partial charge on any atom is -0.370 e. The fraction of sp³-hybridized carbons (Fsp3) is 0.667. The zero-order chi connectivity index (χ0) is 15.0. The van der Waals surface area contributed by atoms with E-state index in [0.29, 0.717) is 5.69 Å². The molecule has 1 heterocycles. The molecule has 5 nitrogen and oxygen atoms in total. The number of aryl methyl sites for hydroxylation is 1. The molecule has 0 amide bonds. The van der Waals surface area contributed by atoms with E-state index in [2.05, 4.69) is 24.1 Å². The van der Waals surface area contributed by atoms with Crippen LogP contribution in [0.5, 0.6) is 0 Å². The van der Waals surface area contributed by atoms with Crippen molar-refractivity contribution in [3.63, 3.8) is 0 Å². The first-order valence-electron chi connectivity index (χ1n) is 7.36. The van der Waals surface area contributed by atoms with Crippen LogP contribution in [0.15, 0.2) is 12.1 Å². The maximum atomic E-state index is 10.7. The SMILES string of the molecule is Cc1nc(NCCCCCCC(C)C)ccc1[N+](=O)[O-]. The Balaban J connectivity index is 2.22. The van der Waals surface area contributed by atoms with Crippen LogP contribution in [-0.2, 0) is 0 Å². The molecular weight excluding hydrogens is 254 g/mol. The Morgan fingerprint density at radius 3 is 2.55 bits per heavy atom. The van der Waals surface area contributed by atoms with Crippen LogP contribution in [0.3, 0.4) is 0 Å². The second-order valence-corrected chi connectivity index (χ2v) is 5.58. The van der Waals surface area contributed by atoms with Crippen molar-refractivity contribution in [2.45, 2.75) is 52.9 Å². The zero-order valence-corrected chi connectivity index (χ0v) is 12.7. The van der Waals surface area contributed by atoms with Crippen molar-refractivity contribution in [1.82, 2.24) is 4.98 Å². The number of nitro groups is 1. The Morgan fingerprint density at radius 2 is 1.95 bits per heavy atom. The summed E-state index contributed by atoms with van der Waals surface area (Å²) >= 11 is 0. The van der Waals surface area contributed by atoms with Gasteiger partial charge in [-0.05, 0) is 25.3 Å². The fourth-order valence-corrected chi connectivity index (χ4v) is 2.09. The number of nitrogens with one attached hydrogen (secondary N) is 1. The van der Waals surface area contributed by atoms with Crippen LogP contribution in [0.4, 0.5) is 11.5 Å². The van der Waals surface area contributed by atoms with E-state index in [9.17, 15) is 10.1 Å². The van der Waals surface area contributed by atoms with Gasteiger partial charge in [-0.3, -0.25) is 10.1 Å². The third-order valence-electron chi connectivity index (χ3n) is 3.27. The Hall–Kier alpha value is -1.65. The third kappa shape index (κ3) is 5.99. The first-order valence-corrected chi connectivity index (χ1v) is 7.36. The van der Waals surface area contributed by atoms with Crippen molar-refractivity contribution in [2.75, 3.05) is 11.9 Å². The number of pyridine rings is 1. The number of unbranched alkanes of at least 4 members (excludes halogenated alkanes) is 3. The Labute approximate surface area is 121 Å². The number of nitrogens with zero attached hydrogens (tertiary/aromatic N) is 2. The van der Waals surface area contributed by atoms with Crippen molar-refractivity contribution in [3.8, 4) is 0 Å². The highest BCUT2D eigenvalue weighted by Gasteiger charge is 2.11. The minimum absolute atomic E-state index is 0.0734. The molecule has 20 heavy (non-hydrogen) atoms. The van der Waals surface area contributed by atoms with Gasteiger partial charge in [0.25, 0.3) is 5.69 Å². The number of hydrogen-bond donors (Lipinski definition) is 1. The predicted molar refractivity (Wildman–Crippen MR) is 82.0 cm³/mol. The average Bonchev–Trinajstić information content (AvgIpc) is 2.37. The van der Waals surface area contributed by atoms with E-state index in [4.69, 9.17) is 0 Å². The number of aromatic nitrogens is 1. The molecule has 1 aromatic rings. The Bertz CT molecular complexity index is 433. The zero-order valence-electron chi connectivity index (χ0n) is 12.7. The van der Waals surface area contributed by atoms with Gasteiger partial charge in [0, 0.05) is 12.6 Å². The normalized spacial score (nSPS) is 10.8. The Kier molecular flexibility index (Phi) is 6.98. The minimum atomic E-state index is -0.402. The van der Waals surface area contributed by atoms with Gasteiger partial charge in [0.05, 0.1) is 4.92 Å². The third-order valence-corrected chi connectivity index (χ3v) is 3.27. The quantitative estimate of drug-likeness (QED) is 0.415. The van der Waals surface area contributed by atoms with Crippen molar-refractivity contribution in [2.24, 2.45) is 5.92 Å². The second kappa shape index (κ2) is 8.51. The van der Waals surface area contributed by atoms with Crippen molar-refractivity contribution in [1.29, 1.82) is 0 Å². The molecule has 0 fully saturated rings. The fourth-order valence-electron chi connectivity index (χ4n) is 2.09. The summed E-state index contributed by atoms with van der Waals surface area (Å²) in [7, 11) is 0. The molecule has 5 heteroatoms. The summed E-state index contributed by atoms with van der Waals surface area (Å²) in [5.41, 5.74) is 0.529. The first kappa shape index (κ1) is 16.4. The molecule has 0 aromatic carbocycles. The molecule has 0 saturated heterocycles. The van der Waals surface area contributed by atoms with E-state index in [1.807, 2.05) is 0 Å². The van der Waals surface area contributed by atoms with Gasteiger partial charge in [-0.25, -0.2) is 4.98 Å². The van der Waals surface area contributed by atoms with Crippen molar-refractivity contribution in [3.05, 3.63) is 27.9 Å². The summed E-state index contributed by atoms with van der Waals surface area (Å²) in [4.78, 5) is 14.5. The van der Waals surface area contributed by atoms with Crippen LogP contribution in [0.2, 0.25) is 0 Å². The van der Waals surface area contributed by atoms with E-state index in [1.165, 1.54) is 31.7 Å². The molecule has 0 radical (unpaired) electrons. The van der Waals surface area contributed by atoms with E-state index < -0.39 is 4.92 Å². The standard InChI is InChI=1S/C15H25N3O2/c1-12(2)8-6-4-5-7-11-16-15-10-9-14(18(19)20)13(3)17-15/h9-10,12H,4-8,11H2,1-3H3,(H,16,17). The molecule has 0 unspecified atom stereocenters. The van der Waals surface area contributed by atoms with Gasteiger partial charge in [-0.2, -0.15) is 0 Å². The second-order valence-electron chi connectivity index (χ2n) is 5.58. The van der Waals surface area contributed by atoms with Crippen molar-refractivity contribution >= 4 is 11.5 Å². The van der Waals surface area contributed by atoms with Crippen LogP contribution in [-0.4, -0.2) is 16.5 Å². The largest absolute Gasteiger partial charge is 0.370 e. The van der Waals surface area contributed by atoms with E-state index in [0.717, 1.165) is 24.7 Å². The van der Waals surface area contributed by atoms with E-state index >= 15 is 0 Å². The van der Waals surface area contributed by atoms with E-state index in [1.54, 1.807) is 13.0 Å². The lowest BCUT2D eigenvalue weighted by molar-refractivity contribution is -0.385. The highest BCUT2D eigenvalue weighted by atomic mass is 16.6. The molecule has 1 N–H and O–H groups in total. The van der Waals surface area contributed by atoms with E-state index in [-0.39, 0.29) is 5.69 Å². The summed E-state index contributed by atoms with van der Waals surface area (Å²) in [6, 6.07) is 3.18. The lowest BCUT2D eigenvalue weighted by Gasteiger charge is -2.07. The molecule has 0 atom stereocenters. The summed E-state index contributed by atoms with van der Waals surface area (Å²) in [5.74, 6) is 1.51. The highest BCUT2D eigenvalue weighted by molar-refractivity contribution is 5.44. The van der Waals surface area contributed by atoms with Gasteiger partial charge < -0.3 is 5.32 Å². The van der Waals surface area contributed by atoms with Gasteiger partial charge in [-0.1, -0.05) is 39.5 Å². The molecule has 0 aliphatic heterocycles. The molecular formula is C15H25N3O2. The smallest absolute Gasteiger partial charge is 0.290 e. The molecule has 112 valence electrons. The topological polar surface area (TPSA) is 68.1 Å². The summed E-state index contributed by atoms with van der Waals surface area (Å²) in [5, 5.41) is 13.9. The Morgan fingerprint density at radius 1 is 1.25 bits per heavy atom. The van der Waals surface area contributed by atoms with Gasteiger partial charge in [0.1, 0.15) is 11.5 Å². The maximum Gasteiger partial charge on any atom is 0.290 e. The first-order chi connectivity index (χ1) is 9.50.